The van der Waals surface area contributed by atoms with E-state index in [1.807, 2.05) is 37.3 Å². The number of β-amino-alcohol motifs (C(OH)–C–C–N with tert-alkyl or cyclic N) is 1. The van der Waals surface area contributed by atoms with E-state index in [0.717, 1.165) is 43.6 Å². The number of rotatable bonds is 4. The van der Waals surface area contributed by atoms with Gasteiger partial charge in [0.15, 0.2) is 0 Å². The van der Waals surface area contributed by atoms with Crippen molar-refractivity contribution in [1.29, 1.82) is 0 Å². The Hall–Kier alpha value is -0.900. The molecule has 3 heteroatoms. The Morgan fingerprint density at radius 2 is 2.05 bits per heavy atom. The van der Waals surface area contributed by atoms with Gasteiger partial charge >= 0.3 is 0 Å². The Labute approximate surface area is 122 Å². The van der Waals surface area contributed by atoms with E-state index in [-0.39, 0.29) is 0 Å². The Balaban J connectivity index is 1.74. The summed E-state index contributed by atoms with van der Waals surface area (Å²) in [7, 11) is 0. The number of nitrogens with zero attached hydrogens (tertiary/aromatic N) is 1. The summed E-state index contributed by atoms with van der Waals surface area (Å²) < 4.78 is 0. The number of fused-ring (bicyclic) bond motifs is 1. The number of likely N-dealkylation sites (tertiary alicyclic amines) is 1. The summed E-state index contributed by atoms with van der Waals surface area (Å²) in [5.74, 6) is 1.54. The van der Waals surface area contributed by atoms with E-state index in [9.17, 15) is 5.11 Å². The summed E-state index contributed by atoms with van der Waals surface area (Å²) in [4.78, 5) is 2.52. The molecule has 0 aromatic heterocycles. The van der Waals surface area contributed by atoms with Crippen LogP contribution in [-0.2, 0) is 5.60 Å². The SMILES string of the molecule is CCC1C2CNCC2CN1CC(C)(O)c1ccccc1. The lowest BCUT2D eigenvalue weighted by Gasteiger charge is -2.34. The van der Waals surface area contributed by atoms with Gasteiger partial charge in [-0.15, -0.1) is 0 Å². The van der Waals surface area contributed by atoms with Gasteiger partial charge in [-0.1, -0.05) is 37.3 Å². The molecular weight excluding hydrogens is 248 g/mol. The minimum atomic E-state index is -0.763. The predicted molar refractivity (Wildman–Crippen MR) is 81.5 cm³/mol. The van der Waals surface area contributed by atoms with Crippen LogP contribution in [0.5, 0.6) is 0 Å². The molecule has 0 radical (unpaired) electrons. The second-order valence-corrected chi connectivity index (χ2v) is 6.63. The van der Waals surface area contributed by atoms with Crippen molar-refractivity contribution in [1.82, 2.24) is 10.2 Å². The Morgan fingerprint density at radius 3 is 2.75 bits per heavy atom. The topological polar surface area (TPSA) is 35.5 Å². The van der Waals surface area contributed by atoms with E-state index >= 15 is 0 Å². The first-order valence-corrected chi connectivity index (χ1v) is 7.84. The lowest BCUT2D eigenvalue weighted by molar-refractivity contribution is 0.00801. The minimum absolute atomic E-state index is 0.616. The van der Waals surface area contributed by atoms with E-state index in [1.54, 1.807) is 0 Å². The molecule has 2 saturated heterocycles. The Bertz CT molecular complexity index is 446. The molecule has 0 saturated carbocycles. The third-order valence-corrected chi connectivity index (χ3v) is 5.15. The maximum atomic E-state index is 10.9. The van der Waals surface area contributed by atoms with Gasteiger partial charge in [0.1, 0.15) is 0 Å². The van der Waals surface area contributed by atoms with E-state index in [4.69, 9.17) is 0 Å². The summed E-state index contributed by atoms with van der Waals surface area (Å²) in [6, 6.07) is 10.7. The molecule has 20 heavy (non-hydrogen) atoms. The molecular formula is C17H26N2O. The molecule has 2 aliphatic rings. The van der Waals surface area contributed by atoms with Crippen LogP contribution in [0.25, 0.3) is 0 Å². The molecule has 0 bridgehead atoms. The van der Waals surface area contributed by atoms with Crippen LogP contribution in [-0.4, -0.2) is 42.2 Å². The van der Waals surface area contributed by atoms with Crippen molar-refractivity contribution in [2.45, 2.75) is 31.9 Å². The van der Waals surface area contributed by atoms with Gasteiger partial charge in [0, 0.05) is 19.1 Å². The number of nitrogens with one attached hydrogen (secondary N) is 1. The van der Waals surface area contributed by atoms with Gasteiger partial charge in [-0.05, 0) is 43.8 Å². The van der Waals surface area contributed by atoms with Crippen LogP contribution < -0.4 is 5.32 Å². The number of hydrogen-bond donors (Lipinski definition) is 2. The van der Waals surface area contributed by atoms with E-state index in [2.05, 4.69) is 17.1 Å². The first-order valence-electron chi connectivity index (χ1n) is 7.84. The lowest BCUT2D eigenvalue weighted by atomic mass is 9.92. The van der Waals surface area contributed by atoms with Gasteiger partial charge in [-0.25, -0.2) is 0 Å². The van der Waals surface area contributed by atoms with Gasteiger partial charge < -0.3 is 10.4 Å². The van der Waals surface area contributed by atoms with Gasteiger partial charge in [0.25, 0.3) is 0 Å². The molecule has 2 aliphatic heterocycles. The third kappa shape index (κ3) is 2.50. The molecule has 0 amide bonds. The van der Waals surface area contributed by atoms with Crippen LogP contribution in [0.2, 0.25) is 0 Å². The molecule has 2 fully saturated rings. The molecule has 1 aromatic rings. The fourth-order valence-electron chi connectivity index (χ4n) is 4.14. The first kappa shape index (κ1) is 14.1. The summed E-state index contributed by atoms with van der Waals surface area (Å²) in [6.07, 6.45) is 1.17. The molecule has 0 spiro atoms. The van der Waals surface area contributed by atoms with E-state index < -0.39 is 5.60 Å². The molecule has 3 nitrogen and oxygen atoms in total. The monoisotopic (exact) mass is 274 g/mol. The average molecular weight is 274 g/mol. The zero-order valence-electron chi connectivity index (χ0n) is 12.5. The fourth-order valence-corrected chi connectivity index (χ4v) is 4.14. The second-order valence-electron chi connectivity index (χ2n) is 6.63. The molecule has 3 rings (SSSR count). The lowest BCUT2D eigenvalue weighted by Crippen LogP contribution is -2.43. The highest BCUT2D eigenvalue weighted by Crippen LogP contribution is 2.36. The molecule has 1 aromatic carbocycles. The maximum Gasteiger partial charge on any atom is 0.0994 e. The summed E-state index contributed by atoms with van der Waals surface area (Å²) >= 11 is 0. The van der Waals surface area contributed by atoms with Crippen molar-refractivity contribution in [2.24, 2.45) is 11.8 Å². The molecule has 2 N–H and O–H groups in total. The molecule has 4 atom stereocenters. The molecule has 0 aliphatic carbocycles. The zero-order chi connectivity index (χ0) is 14.2. The zero-order valence-corrected chi connectivity index (χ0v) is 12.5. The standard InChI is InChI=1S/C17H26N2O/c1-3-16-15-10-18-9-13(15)11-19(16)12-17(2,20)14-7-5-4-6-8-14/h4-8,13,15-16,18,20H,3,9-12H2,1-2H3. The largest absolute Gasteiger partial charge is 0.384 e. The van der Waals surface area contributed by atoms with Gasteiger partial charge in [0.05, 0.1) is 5.60 Å². The summed E-state index contributed by atoms with van der Waals surface area (Å²) in [6.45, 7) is 8.37. The Morgan fingerprint density at radius 1 is 1.30 bits per heavy atom. The van der Waals surface area contributed by atoms with E-state index in [0.29, 0.717) is 6.04 Å². The Kier molecular flexibility index (Phi) is 3.85. The molecule has 110 valence electrons. The van der Waals surface area contributed by atoms with Gasteiger partial charge in [0.2, 0.25) is 0 Å². The van der Waals surface area contributed by atoms with Gasteiger partial charge in [-0.2, -0.15) is 0 Å². The number of aliphatic hydroxyl groups is 1. The minimum Gasteiger partial charge on any atom is -0.384 e. The van der Waals surface area contributed by atoms with Crippen molar-refractivity contribution in [3.63, 3.8) is 0 Å². The van der Waals surface area contributed by atoms with Crippen molar-refractivity contribution in [3.05, 3.63) is 35.9 Å². The highest BCUT2D eigenvalue weighted by atomic mass is 16.3. The molecule has 2 heterocycles. The predicted octanol–water partition coefficient (Wildman–Crippen LogP) is 1.82. The third-order valence-electron chi connectivity index (χ3n) is 5.15. The van der Waals surface area contributed by atoms with Crippen LogP contribution >= 0.6 is 0 Å². The highest BCUT2D eigenvalue weighted by Gasteiger charge is 2.44. The van der Waals surface area contributed by atoms with Crippen LogP contribution in [0.1, 0.15) is 25.8 Å². The second kappa shape index (κ2) is 5.47. The summed E-state index contributed by atoms with van der Waals surface area (Å²) in [5, 5.41) is 14.4. The van der Waals surface area contributed by atoms with Crippen molar-refractivity contribution in [2.75, 3.05) is 26.2 Å². The quantitative estimate of drug-likeness (QED) is 0.879. The first-order chi connectivity index (χ1) is 9.62. The van der Waals surface area contributed by atoms with Crippen LogP contribution in [0.4, 0.5) is 0 Å². The van der Waals surface area contributed by atoms with Crippen LogP contribution in [0.15, 0.2) is 30.3 Å². The highest BCUT2D eigenvalue weighted by molar-refractivity contribution is 5.22. The fraction of sp³-hybridized carbons (Fsp3) is 0.647. The van der Waals surface area contributed by atoms with Crippen LogP contribution in [0, 0.1) is 11.8 Å². The average Bonchev–Trinajstić information content (AvgIpc) is 2.99. The van der Waals surface area contributed by atoms with Crippen molar-refractivity contribution in [3.8, 4) is 0 Å². The van der Waals surface area contributed by atoms with Crippen LogP contribution in [0.3, 0.4) is 0 Å². The molecule has 4 unspecified atom stereocenters. The van der Waals surface area contributed by atoms with Crippen molar-refractivity contribution < 1.29 is 5.11 Å². The maximum absolute atomic E-state index is 10.9. The van der Waals surface area contributed by atoms with E-state index in [1.165, 1.54) is 6.42 Å². The number of hydrogen-bond acceptors (Lipinski definition) is 3. The summed E-state index contributed by atoms with van der Waals surface area (Å²) in [5.41, 5.74) is 0.255. The smallest absolute Gasteiger partial charge is 0.0994 e. The van der Waals surface area contributed by atoms with Crippen molar-refractivity contribution >= 4 is 0 Å². The van der Waals surface area contributed by atoms with Gasteiger partial charge in [-0.3, -0.25) is 4.90 Å². The number of benzene rings is 1. The normalized spacial score (nSPS) is 33.0.